The van der Waals surface area contributed by atoms with Crippen molar-refractivity contribution in [3.05, 3.63) is 20.6 Å². The van der Waals surface area contributed by atoms with Gasteiger partial charge in [0.15, 0.2) is 0 Å². The van der Waals surface area contributed by atoms with E-state index in [2.05, 4.69) is 43.2 Å². The van der Waals surface area contributed by atoms with E-state index in [1.807, 2.05) is 0 Å². The molecule has 1 nitrogen and oxygen atoms in total. The molecule has 0 fully saturated rings. The second kappa shape index (κ2) is 7.84. The Hall–Kier alpha value is 0.604. The van der Waals surface area contributed by atoms with E-state index in [0.717, 1.165) is 6.54 Å². The monoisotopic (exact) mass is 299 g/mol. The summed E-state index contributed by atoms with van der Waals surface area (Å²) >= 11 is -1.38. The molecule has 4 heteroatoms. The normalized spacial score (nSPS) is 19.4. The van der Waals surface area contributed by atoms with Crippen LogP contribution in [0, 0.1) is 5.92 Å². The van der Waals surface area contributed by atoms with Gasteiger partial charge in [0.05, 0.1) is 0 Å². The summed E-state index contributed by atoms with van der Waals surface area (Å²) in [4.78, 5) is 4.35. The molecule has 16 heavy (non-hydrogen) atoms. The van der Waals surface area contributed by atoms with Crippen LogP contribution in [0.1, 0.15) is 34.6 Å². The van der Waals surface area contributed by atoms with E-state index in [0.29, 0.717) is 5.92 Å². The van der Waals surface area contributed by atoms with Gasteiger partial charge >= 0.3 is 94.0 Å². The van der Waals surface area contributed by atoms with Crippen molar-refractivity contribution < 1.29 is 17.7 Å². The number of rotatable bonds is 3. The summed E-state index contributed by atoms with van der Waals surface area (Å²) in [5, 5.41) is 0. The van der Waals surface area contributed by atoms with Crippen molar-refractivity contribution in [2.75, 3.05) is 6.54 Å². The number of hydrogen-bond donors (Lipinski definition) is 1. The van der Waals surface area contributed by atoms with Crippen molar-refractivity contribution in [3.63, 3.8) is 0 Å². The fourth-order valence-electron chi connectivity index (χ4n) is 2.16. The van der Waals surface area contributed by atoms with Gasteiger partial charge < -0.3 is 0 Å². The molecule has 1 aliphatic rings. The summed E-state index contributed by atoms with van der Waals surface area (Å²) in [5.41, 5.74) is 4.56. The van der Waals surface area contributed by atoms with Crippen LogP contribution in [0.5, 0.6) is 0 Å². The van der Waals surface area contributed by atoms with E-state index in [1.54, 1.807) is 9.45 Å². The molecule has 0 aliphatic heterocycles. The fraction of sp³-hybridized carbons (Fsp3) is 0.583. The number of halogens is 2. The summed E-state index contributed by atoms with van der Waals surface area (Å²) in [7, 11) is 0. The Balaban J connectivity index is 0. The van der Waals surface area contributed by atoms with Crippen LogP contribution in [-0.2, 0) is 17.7 Å². The van der Waals surface area contributed by atoms with Crippen molar-refractivity contribution in [2.24, 2.45) is 5.92 Å². The first-order valence-corrected chi connectivity index (χ1v) is 7.98. The summed E-state index contributed by atoms with van der Waals surface area (Å²) in [6.07, 6.45) is 0. The molecule has 94 valence electrons. The molecule has 0 spiro atoms. The molecule has 0 aromatic heterocycles. The molecule has 0 aromatic rings. The van der Waals surface area contributed by atoms with Crippen LogP contribution in [0.15, 0.2) is 20.6 Å². The van der Waals surface area contributed by atoms with E-state index in [9.17, 15) is 0 Å². The van der Waals surface area contributed by atoms with Crippen LogP contribution in [0.2, 0.25) is 0 Å². The summed E-state index contributed by atoms with van der Waals surface area (Å²) in [6.45, 7) is 12.3. The average molecular weight is 300 g/mol. The molecule has 0 aromatic carbocycles. The molecular formula is C12H23Cl2NTi. The Morgan fingerprint density at radius 1 is 1.19 bits per heavy atom. The quantitative estimate of drug-likeness (QED) is 0.784. The predicted molar refractivity (Wildman–Crippen MR) is 75.5 cm³/mol. The number of nitrogens with one attached hydrogen (secondary N) is 1. The van der Waals surface area contributed by atoms with Gasteiger partial charge in [-0.2, -0.15) is 0 Å². The van der Waals surface area contributed by atoms with Crippen molar-refractivity contribution in [1.29, 1.82) is 0 Å². The van der Waals surface area contributed by atoms with Crippen LogP contribution in [0.25, 0.3) is 0 Å². The molecule has 0 saturated heterocycles. The van der Waals surface area contributed by atoms with Gasteiger partial charge in [0.2, 0.25) is 0 Å². The van der Waals surface area contributed by atoms with Gasteiger partial charge in [-0.05, 0) is 0 Å². The predicted octanol–water partition coefficient (Wildman–Crippen LogP) is 3.66. The minimum atomic E-state index is -1.38. The summed E-state index contributed by atoms with van der Waals surface area (Å²) < 4.78 is 5.20. The van der Waals surface area contributed by atoms with Gasteiger partial charge in [0.25, 0.3) is 0 Å². The van der Waals surface area contributed by atoms with E-state index in [-0.39, 0.29) is 24.8 Å². The molecule has 0 saturated carbocycles. The SMILES string of the molecule is Cl.Cl.[CH2]=[Ti]([NH]CC)[C]1=C(C)C(C)=C(C)C1C. The van der Waals surface area contributed by atoms with Crippen molar-refractivity contribution in [2.45, 2.75) is 34.6 Å². The molecule has 0 amide bonds. The molecule has 1 rings (SSSR count). The van der Waals surface area contributed by atoms with Gasteiger partial charge in [-0.15, -0.1) is 24.8 Å². The third kappa shape index (κ3) is 3.55. The summed E-state index contributed by atoms with van der Waals surface area (Å²) in [5.74, 6) is 0.640. The molecule has 1 aliphatic carbocycles. The zero-order valence-corrected chi connectivity index (χ0v) is 14.0. The summed E-state index contributed by atoms with van der Waals surface area (Å²) in [6, 6.07) is 0. The Bertz CT molecular complexity index is 332. The van der Waals surface area contributed by atoms with E-state index in [1.165, 1.54) is 11.1 Å². The Labute approximate surface area is 118 Å². The maximum atomic E-state index is 4.35. The Morgan fingerprint density at radius 2 is 1.69 bits per heavy atom. The second-order valence-electron chi connectivity index (χ2n) is 4.08. The van der Waals surface area contributed by atoms with Gasteiger partial charge in [-0.3, -0.25) is 0 Å². The average Bonchev–Trinajstić information content (AvgIpc) is 2.32. The first kappa shape index (κ1) is 19.0. The van der Waals surface area contributed by atoms with E-state index in [4.69, 9.17) is 0 Å². The van der Waals surface area contributed by atoms with E-state index >= 15 is 0 Å². The van der Waals surface area contributed by atoms with Gasteiger partial charge in [-0.25, -0.2) is 0 Å². The van der Waals surface area contributed by atoms with Crippen LogP contribution in [0.4, 0.5) is 0 Å². The van der Waals surface area contributed by atoms with Crippen LogP contribution < -0.4 is 3.80 Å². The van der Waals surface area contributed by atoms with Gasteiger partial charge in [0, 0.05) is 0 Å². The number of hydrogen-bond acceptors (Lipinski definition) is 1. The molecular weight excluding hydrogens is 277 g/mol. The van der Waals surface area contributed by atoms with Crippen molar-refractivity contribution >= 4 is 29.6 Å². The van der Waals surface area contributed by atoms with Crippen molar-refractivity contribution in [3.8, 4) is 0 Å². The standard InChI is InChI=1S/C9H13.C2H6N.CH2.2ClH.Ti/c1-6-5-7(2)9(4)8(6)3;1-2-3;;;;/h6H,1-4H3;3H,2H2,1H3;1H2;2*1H;/q;-1;;;;+1. The Kier molecular flexibility index (Phi) is 9.29. The molecule has 1 N–H and O–H groups in total. The molecule has 0 bridgehead atoms. The second-order valence-corrected chi connectivity index (χ2v) is 6.97. The first-order valence-electron chi connectivity index (χ1n) is 5.32. The van der Waals surface area contributed by atoms with Gasteiger partial charge in [0.1, 0.15) is 0 Å². The molecule has 1 unspecified atom stereocenters. The zero-order valence-electron chi connectivity index (χ0n) is 10.8. The molecule has 0 radical (unpaired) electrons. The minimum absolute atomic E-state index is 0. The third-order valence-corrected chi connectivity index (χ3v) is 6.85. The Morgan fingerprint density at radius 3 is 2.00 bits per heavy atom. The van der Waals surface area contributed by atoms with Crippen LogP contribution >= 0.6 is 24.8 Å². The van der Waals surface area contributed by atoms with E-state index < -0.39 is 17.7 Å². The van der Waals surface area contributed by atoms with Crippen LogP contribution in [-0.4, -0.2) is 11.4 Å². The van der Waals surface area contributed by atoms with Gasteiger partial charge in [-0.1, -0.05) is 0 Å². The van der Waals surface area contributed by atoms with Crippen molar-refractivity contribution in [1.82, 2.24) is 3.80 Å². The topological polar surface area (TPSA) is 12.0 Å². The number of allylic oxidation sites excluding steroid dienone is 4. The molecule has 0 heterocycles. The first-order chi connectivity index (χ1) is 6.50. The zero-order chi connectivity index (χ0) is 10.9. The fourth-order valence-corrected chi connectivity index (χ4v) is 5.28. The molecule has 1 atom stereocenters. The van der Waals surface area contributed by atoms with Crippen LogP contribution in [0.3, 0.4) is 0 Å². The maximum absolute atomic E-state index is 4.35. The third-order valence-electron chi connectivity index (χ3n) is 3.36.